The number of hydrogen-bond donors (Lipinski definition) is 2. The lowest BCUT2D eigenvalue weighted by atomic mass is 10.1. The van der Waals surface area contributed by atoms with Crippen LogP contribution in [0.1, 0.15) is 19.4 Å². The molecule has 7 nitrogen and oxygen atoms in total. The van der Waals surface area contributed by atoms with E-state index < -0.39 is 0 Å². The maximum absolute atomic E-state index is 11.8. The van der Waals surface area contributed by atoms with Crippen molar-refractivity contribution in [1.29, 1.82) is 0 Å². The number of carbonyl (C=O) groups is 1. The lowest BCUT2D eigenvalue weighted by molar-refractivity contribution is -0.118. The number of carbonyl (C=O) groups excluding carboxylic acids is 1. The first-order valence-corrected chi connectivity index (χ1v) is 10.7. The highest BCUT2D eigenvalue weighted by Crippen LogP contribution is 2.22. The monoisotopic (exact) mass is 551 g/mol. The zero-order valence-electron chi connectivity index (χ0n) is 19.3. The number of guanidine groups is 1. The van der Waals surface area contributed by atoms with Crippen LogP contribution in [0, 0.1) is 5.92 Å². The number of ether oxygens (including phenoxy) is 1. The zero-order valence-corrected chi connectivity index (χ0v) is 21.6. The molecule has 32 heavy (non-hydrogen) atoms. The molecule has 0 aliphatic carbocycles. The molecule has 1 amide bonds. The zero-order chi connectivity index (χ0) is 22.2. The second-order valence-electron chi connectivity index (χ2n) is 7.92. The smallest absolute Gasteiger partial charge is 0.226 e. The van der Waals surface area contributed by atoms with Gasteiger partial charge < -0.3 is 25.2 Å². The van der Waals surface area contributed by atoms with Crippen LogP contribution in [0.4, 0.5) is 11.4 Å². The van der Waals surface area contributed by atoms with E-state index in [9.17, 15) is 4.79 Å². The number of amides is 1. The number of nitrogens with one attached hydrogen (secondary N) is 2. The fourth-order valence-electron chi connectivity index (χ4n) is 3.49. The molecule has 0 bridgehead atoms. The highest BCUT2D eigenvalue weighted by molar-refractivity contribution is 14.0. The number of halogens is 1. The van der Waals surface area contributed by atoms with Crippen LogP contribution in [0.15, 0.2) is 53.5 Å². The fraction of sp³-hybridized carbons (Fsp3) is 0.417. The van der Waals surface area contributed by atoms with Crippen molar-refractivity contribution in [3.05, 3.63) is 54.1 Å². The summed E-state index contributed by atoms with van der Waals surface area (Å²) in [5.74, 6) is 1.78. The number of rotatable bonds is 6. The average molecular weight is 551 g/mol. The third-order valence-electron chi connectivity index (χ3n) is 5.41. The first-order valence-electron chi connectivity index (χ1n) is 10.7. The van der Waals surface area contributed by atoms with Gasteiger partial charge in [-0.25, -0.2) is 0 Å². The third kappa shape index (κ3) is 7.01. The minimum absolute atomic E-state index is 0. The lowest BCUT2D eigenvalue weighted by Crippen LogP contribution is -2.52. The van der Waals surface area contributed by atoms with E-state index in [0.717, 1.165) is 49.1 Å². The molecule has 0 unspecified atom stereocenters. The number of methoxy groups -OCH3 is 1. The van der Waals surface area contributed by atoms with Crippen molar-refractivity contribution in [3.8, 4) is 5.75 Å². The summed E-state index contributed by atoms with van der Waals surface area (Å²) >= 11 is 0. The lowest BCUT2D eigenvalue weighted by Gasteiger charge is -2.37. The summed E-state index contributed by atoms with van der Waals surface area (Å²) in [6.45, 7) is 8.11. The average Bonchev–Trinajstić information content (AvgIpc) is 2.81. The normalized spacial score (nSPS) is 14.1. The highest BCUT2D eigenvalue weighted by atomic mass is 127. The van der Waals surface area contributed by atoms with E-state index in [0.29, 0.717) is 6.54 Å². The summed E-state index contributed by atoms with van der Waals surface area (Å²) < 4.78 is 5.35. The van der Waals surface area contributed by atoms with Gasteiger partial charge in [-0.1, -0.05) is 32.0 Å². The molecule has 0 saturated carbocycles. The molecule has 1 saturated heterocycles. The number of anilines is 2. The van der Waals surface area contributed by atoms with Gasteiger partial charge in [0.25, 0.3) is 0 Å². The van der Waals surface area contributed by atoms with Crippen LogP contribution in [-0.2, 0) is 11.3 Å². The molecular weight excluding hydrogens is 517 g/mol. The number of benzene rings is 2. The molecule has 2 aromatic carbocycles. The van der Waals surface area contributed by atoms with Crippen LogP contribution >= 0.6 is 24.0 Å². The molecule has 1 heterocycles. The standard InChI is InChI=1S/C24H33N5O2.HI/c1-18(2)23(30)27-20-10-8-19(9-11-20)17-26-24(25-3)29-14-12-28(13-15-29)21-6-5-7-22(16-21)31-4;/h5-11,16,18H,12-15,17H2,1-4H3,(H,25,26)(H,27,30);1H. The number of nitrogens with zero attached hydrogens (tertiary/aromatic N) is 3. The SMILES string of the molecule is CN=C(NCc1ccc(NC(=O)C(C)C)cc1)N1CCN(c2cccc(OC)c2)CC1.I. The Hall–Kier alpha value is -2.49. The van der Waals surface area contributed by atoms with Crippen LogP contribution < -0.4 is 20.3 Å². The summed E-state index contributed by atoms with van der Waals surface area (Å²) in [6, 6.07) is 16.1. The number of hydrogen-bond acceptors (Lipinski definition) is 4. The minimum atomic E-state index is -0.0333. The van der Waals surface area contributed by atoms with Crippen molar-refractivity contribution in [2.24, 2.45) is 10.9 Å². The molecular formula is C24H34IN5O2. The van der Waals surface area contributed by atoms with Gasteiger partial charge >= 0.3 is 0 Å². The molecule has 3 rings (SSSR count). The van der Waals surface area contributed by atoms with Crippen LogP contribution in [0.2, 0.25) is 0 Å². The van der Waals surface area contributed by atoms with Crippen LogP contribution in [-0.4, -0.2) is 57.1 Å². The van der Waals surface area contributed by atoms with E-state index in [1.165, 1.54) is 5.69 Å². The predicted molar refractivity (Wildman–Crippen MR) is 142 cm³/mol. The van der Waals surface area contributed by atoms with Gasteiger partial charge in [-0.2, -0.15) is 0 Å². The maximum atomic E-state index is 11.8. The van der Waals surface area contributed by atoms with Gasteiger partial charge in [0.1, 0.15) is 5.75 Å². The quantitative estimate of drug-likeness (QED) is 0.325. The summed E-state index contributed by atoms with van der Waals surface area (Å²) in [7, 11) is 3.52. The topological polar surface area (TPSA) is 69.2 Å². The molecule has 0 atom stereocenters. The van der Waals surface area contributed by atoms with E-state index in [4.69, 9.17) is 4.74 Å². The van der Waals surface area contributed by atoms with Crippen molar-refractivity contribution in [1.82, 2.24) is 10.2 Å². The van der Waals surface area contributed by atoms with E-state index >= 15 is 0 Å². The summed E-state index contributed by atoms with van der Waals surface area (Å²) in [4.78, 5) is 20.9. The van der Waals surface area contributed by atoms with Crippen molar-refractivity contribution in [2.75, 3.05) is 50.6 Å². The Kier molecular flexibility index (Phi) is 10.1. The van der Waals surface area contributed by atoms with Gasteiger partial charge in [0.15, 0.2) is 5.96 Å². The van der Waals surface area contributed by atoms with Crippen LogP contribution in [0.25, 0.3) is 0 Å². The first kappa shape index (κ1) is 25.8. The van der Waals surface area contributed by atoms with Crippen LogP contribution in [0.3, 0.4) is 0 Å². The van der Waals surface area contributed by atoms with Crippen molar-refractivity contribution in [2.45, 2.75) is 20.4 Å². The molecule has 0 aromatic heterocycles. The third-order valence-corrected chi connectivity index (χ3v) is 5.41. The Morgan fingerprint density at radius 3 is 2.38 bits per heavy atom. The Bertz CT molecular complexity index is 894. The predicted octanol–water partition coefficient (Wildman–Crippen LogP) is 3.81. The molecule has 2 aromatic rings. The molecule has 0 spiro atoms. The van der Waals surface area contributed by atoms with Gasteiger partial charge in [0.05, 0.1) is 7.11 Å². The first-order chi connectivity index (χ1) is 15.0. The second-order valence-corrected chi connectivity index (χ2v) is 7.92. The van der Waals surface area contributed by atoms with Crippen LogP contribution in [0.5, 0.6) is 5.75 Å². The summed E-state index contributed by atoms with van der Waals surface area (Å²) in [5.41, 5.74) is 3.14. The minimum Gasteiger partial charge on any atom is -0.497 e. The van der Waals surface area contributed by atoms with Crippen molar-refractivity contribution in [3.63, 3.8) is 0 Å². The van der Waals surface area contributed by atoms with E-state index in [1.807, 2.05) is 57.3 Å². The fourth-order valence-corrected chi connectivity index (χ4v) is 3.49. The molecule has 0 radical (unpaired) electrons. The number of piperazine rings is 1. The molecule has 174 valence electrons. The van der Waals surface area contributed by atoms with Gasteiger partial charge in [-0.3, -0.25) is 9.79 Å². The second kappa shape index (κ2) is 12.5. The Morgan fingerprint density at radius 1 is 1.09 bits per heavy atom. The number of aliphatic imine (C=N–C) groups is 1. The highest BCUT2D eigenvalue weighted by Gasteiger charge is 2.20. The Morgan fingerprint density at radius 2 is 1.78 bits per heavy atom. The largest absolute Gasteiger partial charge is 0.497 e. The van der Waals surface area contributed by atoms with Gasteiger partial charge in [-0.05, 0) is 29.8 Å². The molecule has 1 aliphatic rings. The van der Waals surface area contributed by atoms with Gasteiger partial charge in [-0.15, -0.1) is 24.0 Å². The molecule has 2 N–H and O–H groups in total. The van der Waals surface area contributed by atoms with E-state index in [2.05, 4.69) is 37.6 Å². The Balaban J connectivity index is 0.00000363. The van der Waals surface area contributed by atoms with E-state index in [1.54, 1.807) is 7.11 Å². The van der Waals surface area contributed by atoms with Crippen molar-refractivity contribution >= 4 is 47.2 Å². The summed E-state index contributed by atoms with van der Waals surface area (Å²) in [6.07, 6.45) is 0. The van der Waals surface area contributed by atoms with Gasteiger partial charge in [0, 0.05) is 63.1 Å². The van der Waals surface area contributed by atoms with E-state index in [-0.39, 0.29) is 35.8 Å². The van der Waals surface area contributed by atoms with Crippen molar-refractivity contribution < 1.29 is 9.53 Å². The molecule has 1 aliphatic heterocycles. The molecule has 8 heteroatoms. The Labute approximate surface area is 208 Å². The summed E-state index contributed by atoms with van der Waals surface area (Å²) in [5, 5.41) is 6.37. The maximum Gasteiger partial charge on any atom is 0.226 e. The van der Waals surface area contributed by atoms with Gasteiger partial charge in [0.2, 0.25) is 5.91 Å². The molecule has 1 fully saturated rings.